The number of hydrogen-bond acceptors (Lipinski definition) is 4. The topological polar surface area (TPSA) is 84.9 Å². The normalized spacial score (nSPS) is 23.7. The predicted molar refractivity (Wildman–Crippen MR) is 102 cm³/mol. The Kier molecular flexibility index (Phi) is 4.54. The predicted octanol–water partition coefficient (Wildman–Crippen LogP) is 3.25. The highest BCUT2D eigenvalue weighted by molar-refractivity contribution is 7.90. The second-order valence-corrected chi connectivity index (χ2v) is 9.54. The number of nitrogens with zero attached hydrogens (tertiary/aromatic N) is 1. The Morgan fingerprint density at radius 3 is 2.44 bits per heavy atom. The summed E-state index contributed by atoms with van der Waals surface area (Å²) in [6, 6.07) is 17.7. The molecule has 4 nitrogen and oxygen atoms in total. The fraction of sp³-hybridized carbons (Fsp3) is 0.350. The third kappa shape index (κ3) is 3.38. The number of hydrogen-bond donors (Lipinski definition) is 2. The van der Waals surface area contributed by atoms with Crippen LogP contribution in [0.3, 0.4) is 0 Å². The molecule has 1 unspecified atom stereocenters. The molecule has 0 bridgehead atoms. The highest BCUT2D eigenvalue weighted by atomic mass is 32.2. The van der Waals surface area contributed by atoms with Gasteiger partial charge < -0.3 is 10.3 Å². The van der Waals surface area contributed by atoms with E-state index in [2.05, 4.69) is 16.9 Å². The van der Waals surface area contributed by atoms with E-state index < -0.39 is 11.4 Å². The standard InChI is InChI=1S/C20H23N3OS/c1-19(2,3)25(24)23-18-12-20(18,16-8-5-9-17(22)11-16)15-7-4-6-14(10-15)13-21/h4-11,18,23H,12,22H2,1-3H3/t18-,20-,25?/m1/s1. The van der Waals surface area contributed by atoms with Crippen molar-refractivity contribution >= 4 is 17.0 Å². The fourth-order valence-corrected chi connectivity index (χ4v) is 4.09. The van der Waals surface area contributed by atoms with Crippen LogP contribution in [0.2, 0.25) is 0 Å². The lowest BCUT2D eigenvalue weighted by molar-refractivity contribution is 0.539. The van der Waals surface area contributed by atoms with Crippen molar-refractivity contribution in [1.29, 1.82) is 5.26 Å². The molecule has 3 atom stereocenters. The van der Waals surface area contributed by atoms with E-state index >= 15 is 0 Å². The summed E-state index contributed by atoms with van der Waals surface area (Å²) < 4.78 is 15.5. The Morgan fingerprint density at radius 1 is 1.20 bits per heavy atom. The largest absolute Gasteiger partial charge is 0.598 e. The van der Waals surface area contributed by atoms with Crippen LogP contribution < -0.4 is 10.5 Å². The SMILES string of the molecule is CC(C)(C)[S+]([O-])N[C@@H]1C[C@]1(c1cccc(N)c1)c1cccc(C#N)c1. The van der Waals surface area contributed by atoms with Crippen molar-refractivity contribution in [1.82, 2.24) is 4.72 Å². The van der Waals surface area contributed by atoms with Crippen molar-refractivity contribution in [2.24, 2.45) is 0 Å². The Bertz CT molecular complexity index is 824. The van der Waals surface area contributed by atoms with E-state index in [9.17, 15) is 9.81 Å². The lowest BCUT2D eigenvalue weighted by Crippen LogP contribution is -2.42. The molecule has 130 valence electrons. The molecule has 3 rings (SSSR count). The molecule has 0 aliphatic heterocycles. The van der Waals surface area contributed by atoms with E-state index in [1.165, 1.54) is 0 Å². The smallest absolute Gasteiger partial charge is 0.136 e. The fourth-order valence-electron chi connectivity index (χ4n) is 3.20. The molecule has 1 fully saturated rings. The molecule has 25 heavy (non-hydrogen) atoms. The zero-order valence-corrected chi connectivity index (χ0v) is 15.6. The van der Waals surface area contributed by atoms with Gasteiger partial charge in [-0.25, -0.2) is 0 Å². The van der Waals surface area contributed by atoms with Gasteiger partial charge in [-0.2, -0.15) is 5.26 Å². The van der Waals surface area contributed by atoms with Crippen LogP contribution in [0.15, 0.2) is 48.5 Å². The minimum absolute atomic E-state index is 0.0447. The Labute approximate surface area is 152 Å². The number of nitriles is 1. The van der Waals surface area contributed by atoms with Gasteiger partial charge in [0.25, 0.3) is 0 Å². The third-order valence-electron chi connectivity index (χ3n) is 4.67. The summed E-state index contributed by atoms with van der Waals surface area (Å²) in [5.74, 6) is 0. The summed E-state index contributed by atoms with van der Waals surface area (Å²) in [4.78, 5) is 0. The number of nitrogens with one attached hydrogen (secondary N) is 1. The second-order valence-electron chi connectivity index (χ2n) is 7.55. The molecule has 0 radical (unpaired) electrons. The van der Waals surface area contributed by atoms with Gasteiger partial charge in [-0.3, -0.25) is 0 Å². The van der Waals surface area contributed by atoms with Gasteiger partial charge in [0.05, 0.1) is 17.7 Å². The summed E-state index contributed by atoms with van der Waals surface area (Å²) in [7, 11) is 0. The summed E-state index contributed by atoms with van der Waals surface area (Å²) in [6.07, 6.45) is 0.827. The van der Waals surface area contributed by atoms with Crippen molar-refractivity contribution in [3.63, 3.8) is 0 Å². The average molecular weight is 353 g/mol. The van der Waals surface area contributed by atoms with Gasteiger partial charge in [-0.1, -0.05) is 24.3 Å². The summed E-state index contributed by atoms with van der Waals surface area (Å²) in [5, 5.41) is 9.25. The van der Waals surface area contributed by atoms with Crippen LogP contribution in [-0.2, 0) is 16.8 Å². The Balaban J connectivity index is 2.01. The molecule has 2 aromatic rings. The maximum absolute atomic E-state index is 12.6. The third-order valence-corrected chi connectivity index (χ3v) is 6.29. The van der Waals surface area contributed by atoms with E-state index in [0.29, 0.717) is 11.3 Å². The van der Waals surface area contributed by atoms with Gasteiger partial charge in [0.15, 0.2) is 0 Å². The summed E-state index contributed by atoms with van der Waals surface area (Å²) in [6.45, 7) is 5.87. The minimum Gasteiger partial charge on any atom is -0.598 e. The quantitative estimate of drug-likeness (QED) is 0.653. The maximum Gasteiger partial charge on any atom is 0.136 e. The lowest BCUT2D eigenvalue weighted by Gasteiger charge is -2.26. The first-order chi connectivity index (χ1) is 11.8. The van der Waals surface area contributed by atoms with E-state index in [-0.39, 0.29) is 16.2 Å². The van der Waals surface area contributed by atoms with Crippen LogP contribution in [-0.4, -0.2) is 15.3 Å². The molecule has 1 aliphatic rings. The monoisotopic (exact) mass is 353 g/mol. The first kappa shape index (κ1) is 17.8. The van der Waals surface area contributed by atoms with Crippen molar-refractivity contribution < 1.29 is 4.55 Å². The molecule has 3 N–H and O–H groups in total. The van der Waals surface area contributed by atoms with Gasteiger partial charge >= 0.3 is 0 Å². The van der Waals surface area contributed by atoms with E-state index in [1.807, 2.05) is 57.2 Å². The highest BCUT2D eigenvalue weighted by Gasteiger charge is 2.59. The van der Waals surface area contributed by atoms with Gasteiger partial charge in [-0.15, -0.1) is 4.72 Å². The molecule has 0 spiro atoms. The number of nitrogen functional groups attached to an aromatic ring is 1. The average Bonchev–Trinajstić information content (AvgIpc) is 3.29. The van der Waals surface area contributed by atoms with Crippen molar-refractivity contribution in [2.45, 2.75) is 43.4 Å². The first-order valence-corrected chi connectivity index (χ1v) is 9.47. The molecule has 1 aliphatic carbocycles. The number of rotatable bonds is 4. The van der Waals surface area contributed by atoms with Gasteiger partial charge in [0.1, 0.15) is 4.75 Å². The molecule has 0 heterocycles. The van der Waals surface area contributed by atoms with Crippen molar-refractivity contribution in [3.05, 3.63) is 65.2 Å². The van der Waals surface area contributed by atoms with Crippen LogP contribution in [0, 0.1) is 11.3 Å². The Morgan fingerprint density at radius 2 is 1.84 bits per heavy atom. The van der Waals surface area contributed by atoms with E-state index in [0.717, 1.165) is 17.5 Å². The maximum atomic E-state index is 12.6. The molecule has 0 saturated heterocycles. The molecular weight excluding hydrogens is 330 g/mol. The second kappa shape index (κ2) is 6.38. The zero-order valence-electron chi connectivity index (χ0n) is 14.7. The summed E-state index contributed by atoms with van der Waals surface area (Å²) >= 11 is -1.16. The molecule has 1 saturated carbocycles. The number of anilines is 1. The minimum atomic E-state index is -1.16. The molecule has 2 aromatic carbocycles. The molecule has 5 heteroatoms. The van der Waals surface area contributed by atoms with Crippen LogP contribution in [0.4, 0.5) is 5.69 Å². The highest BCUT2D eigenvalue weighted by Crippen LogP contribution is 2.54. The number of benzene rings is 2. The van der Waals surface area contributed by atoms with Crippen molar-refractivity contribution in [3.8, 4) is 6.07 Å². The summed E-state index contributed by atoms with van der Waals surface area (Å²) in [5.41, 5.74) is 9.18. The van der Waals surface area contributed by atoms with Gasteiger partial charge in [0, 0.05) is 22.5 Å². The Hall–Kier alpha value is -2.00. The molecular formula is C20H23N3OS. The van der Waals surface area contributed by atoms with Crippen molar-refractivity contribution in [2.75, 3.05) is 5.73 Å². The zero-order chi connectivity index (χ0) is 18.2. The van der Waals surface area contributed by atoms with Gasteiger partial charge in [-0.05, 0) is 62.6 Å². The van der Waals surface area contributed by atoms with Crippen LogP contribution in [0.1, 0.15) is 43.9 Å². The van der Waals surface area contributed by atoms with Gasteiger partial charge in [0.2, 0.25) is 0 Å². The van der Waals surface area contributed by atoms with E-state index in [1.54, 1.807) is 6.07 Å². The lowest BCUT2D eigenvalue weighted by atomic mass is 9.86. The number of nitrogens with two attached hydrogens (primary N) is 1. The van der Waals surface area contributed by atoms with Crippen LogP contribution >= 0.6 is 0 Å². The molecule has 0 amide bonds. The first-order valence-electron chi connectivity index (χ1n) is 8.32. The van der Waals surface area contributed by atoms with E-state index in [4.69, 9.17) is 5.73 Å². The van der Waals surface area contributed by atoms with Crippen LogP contribution in [0.5, 0.6) is 0 Å². The molecule has 0 aromatic heterocycles. The van der Waals surface area contributed by atoms with Crippen LogP contribution in [0.25, 0.3) is 0 Å².